The van der Waals surface area contributed by atoms with Crippen molar-refractivity contribution in [1.29, 1.82) is 0 Å². The summed E-state index contributed by atoms with van der Waals surface area (Å²) in [6.07, 6.45) is -0.779. The van der Waals surface area contributed by atoms with Gasteiger partial charge < -0.3 is 10.2 Å². The fourth-order valence-electron chi connectivity index (χ4n) is 1.39. The topological polar surface area (TPSA) is 57.5 Å². The first-order valence-electron chi connectivity index (χ1n) is 4.69. The lowest BCUT2D eigenvalue weighted by Crippen LogP contribution is -2.13. The number of benzene rings is 1. The summed E-state index contributed by atoms with van der Waals surface area (Å²) in [5.41, 5.74) is 0.724. The van der Waals surface area contributed by atoms with E-state index in [-0.39, 0.29) is 12.3 Å². The monoisotopic (exact) mass is 226 g/mol. The molecule has 0 aliphatic heterocycles. The summed E-state index contributed by atoms with van der Waals surface area (Å²) < 4.78 is 0. The fraction of sp³-hybridized carbons (Fsp3) is 0.364. The molecule has 3 nitrogen and oxygen atoms in total. The van der Waals surface area contributed by atoms with Crippen molar-refractivity contribution in [2.24, 2.45) is 5.92 Å². The van der Waals surface area contributed by atoms with E-state index in [0.29, 0.717) is 0 Å². The van der Waals surface area contributed by atoms with Gasteiger partial charge >= 0.3 is 5.97 Å². The molecule has 0 bridgehead atoms. The van der Waals surface area contributed by atoms with E-state index in [1.807, 2.05) is 0 Å². The molecule has 82 valence electrons. The van der Waals surface area contributed by atoms with Crippen LogP contribution in [0.2, 0.25) is 0 Å². The highest BCUT2D eigenvalue weighted by Gasteiger charge is 2.18. The van der Waals surface area contributed by atoms with Crippen LogP contribution in [0.1, 0.15) is 25.0 Å². The third kappa shape index (κ3) is 3.57. The van der Waals surface area contributed by atoms with Gasteiger partial charge in [-0.25, -0.2) is 0 Å². The number of carboxylic acids is 1. The van der Waals surface area contributed by atoms with E-state index in [2.05, 4.69) is 12.6 Å². The molecule has 2 N–H and O–H groups in total. The first kappa shape index (κ1) is 12.1. The second-order valence-electron chi connectivity index (χ2n) is 3.61. The number of aliphatic hydroxyl groups excluding tert-OH is 1. The quantitative estimate of drug-likeness (QED) is 0.689. The number of thiol groups is 1. The Balaban J connectivity index is 2.71. The van der Waals surface area contributed by atoms with Crippen LogP contribution in [0.3, 0.4) is 0 Å². The molecular weight excluding hydrogens is 212 g/mol. The van der Waals surface area contributed by atoms with E-state index < -0.39 is 12.1 Å². The molecule has 0 aromatic heterocycles. The molecule has 4 heteroatoms. The average Bonchev–Trinajstić information content (AvgIpc) is 2.17. The Morgan fingerprint density at radius 1 is 1.40 bits per heavy atom. The average molecular weight is 226 g/mol. The maximum Gasteiger partial charge on any atom is 0.303 e. The van der Waals surface area contributed by atoms with Crippen molar-refractivity contribution in [3.8, 4) is 0 Å². The highest BCUT2D eigenvalue weighted by molar-refractivity contribution is 7.80. The maximum atomic E-state index is 10.5. The number of aliphatic carboxylic acids is 1. The molecule has 0 saturated heterocycles. The summed E-state index contributed by atoms with van der Waals surface area (Å²) in [5.74, 6) is -1.19. The van der Waals surface area contributed by atoms with Crippen LogP contribution in [0.25, 0.3) is 0 Å². The Kier molecular flexibility index (Phi) is 4.17. The minimum atomic E-state index is -0.896. The molecule has 2 atom stereocenters. The van der Waals surface area contributed by atoms with Gasteiger partial charge in [-0.05, 0) is 23.6 Å². The van der Waals surface area contributed by atoms with Crippen LogP contribution >= 0.6 is 12.6 Å². The first-order valence-corrected chi connectivity index (χ1v) is 5.14. The Labute approximate surface area is 94.2 Å². The van der Waals surface area contributed by atoms with Gasteiger partial charge in [-0.2, -0.15) is 0 Å². The molecule has 0 spiro atoms. The highest BCUT2D eigenvalue weighted by Crippen LogP contribution is 2.24. The third-order valence-corrected chi connectivity index (χ3v) is 2.57. The smallest absolute Gasteiger partial charge is 0.303 e. The van der Waals surface area contributed by atoms with E-state index >= 15 is 0 Å². The molecule has 0 radical (unpaired) electrons. The zero-order valence-electron chi connectivity index (χ0n) is 8.42. The van der Waals surface area contributed by atoms with Crippen LogP contribution in [0, 0.1) is 5.92 Å². The summed E-state index contributed by atoms with van der Waals surface area (Å²) >= 11 is 4.13. The summed E-state index contributed by atoms with van der Waals surface area (Å²) in [4.78, 5) is 11.3. The van der Waals surface area contributed by atoms with Gasteiger partial charge in [-0.3, -0.25) is 4.79 Å². The van der Waals surface area contributed by atoms with Crippen molar-refractivity contribution in [1.82, 2.24) is 0 Å². The Morgan fingerprint density at radius 3 is 2.40 bits per heavy atom. The van der Waals surface area contributed by atoms with E-state index in [1.54, 1.807) is 31.2 Å². The standard InChI is InChI=1S/C11H14O3S/c1-7(6-10(12)13)11(14)8-2-4-9(15)5-3-8/h2-5,7,11,14-15H,6H2,1H3,(H,12,13). The van der Waals surface area contributed by atoms with Crippen molar-refractivity contribution >= 4 is 18.6 Å². The summed E-state index contributed by atoms with van der Waals surface area (Å²) in [5, 5.41) is 18.4. The van der Waals surface area contributed by atoms with E-state index in [1.165, 1.54) is 0 Å². The molecule has 0 heterocycles. The normalized spacial score (nSPS) is 14.6. The van der Waals surface area contributed by atoms with Crippen LogP contribution in [-0.2, 0) is 4.79 Å². The number of hydrogen-bond donors (Lipinski definition) is 3. The Morgan fingerprint density at radius 2 is 1.93 bits per heavy atom. The van der Waals surface area contributed by atoms with E-state index in [0.717, 1.165) is 10.5 Å². The molecule has 0 saturated carbocycles. The minimum absolute atomic E-state index is 0.0379. The lowest BCUT2D eigenvalue weighted by molar-refractivity contribution is -0.139. The zero-order chi connectivity index (χ0) is 11.4. The van der Waals surface area contributed by atoms with Crippen molar-refractivity contribution < 1.29 is 15.0 Å². The van der Waals surface area contributed by atoms with E-state index in [4.69, 9.17) is 5.11 Å². The van der Waals surface area contributed by atoms with Crippen LogP contribution in [-0.4, -0.2) is 16.2 Å². The molecule has 15 heavy (non-hydrogen) atoms. The van der Waals surface area contributed by atoms with Gasteiger partial charge in [-0.15, -0.1) is 12.6 Å². The van der Waals surface area contributed by atoms with Gasteiger partial charge in [0.25, 0.3) is 0 Å². The number of aliphatic hydroxyl groups is 1. The molecule has 0 aliphatic carbocycles. The number of carbonyl (C=O) groups is 1. The van der Waals surface area contributed by atoms with Crippen LogP contribution in [0.5, 0.6) is 0 Å². The Bertz CT molecular complexity index is 334. The minimum Gasteiger partial charge on any atom is -0.481 e. The molecule has 0 amide bonds. The molecule has 1 aromatic rings. The highest BCUT2D eigenvalue weighted by atomic mass is 32.1. The summed E-state index contributed by atoms with van der Waals surface area (Å²) in [6, 6.07) is 7.06. The van der Waals surface area contributed by atoms with Crippen molar-refractivity contribution in [3.63, 3.8) is 0 Å². The predicted molar refractivity (Wildman–Crippen MR) is 60.1 cm³/mol. The molecule has 0 fully saturated rings. The van der Waals surface area contributed by atoms with Crippen LogP contribution in [0.15, 0.2) is 29.2 Å². The second kappa shape index (κ2) is 5.19. The molecule has 2 unspecified atom stereocenters. The molecule has 0 aliphatic rings. The van der Waals surface area contributed by atoms with Gasteiger partial charge in [0.15, 0.2) is 0 Å². The fourth-order valence-corrected chi connectivity index (χ4v) is 1.54. The number of carboxylic acid groups (broad SMARTS) is 1. The lowest BCUT2D eigenvalue weighted by Gasteiger charge is -2.17. The van der Waals surface area contributed by atoms with Gasteiger partial charge in [0.2, 0.25) is 0 Å². The predicted octanol–water partition coefficient (Wildman–Crippen LogP) is 2.12. The summed E-state index contributed by atoms with van der Waals surface area (Å²) in [6.45, 7) is 1.72. The maximum absolute atomic E-state index is 10.5. The number of hydrogen-bond acceptors (Lipinski definition) is 3. The molecule has 1 rings (SSSR count). The van der Waals surface area contributed by atoms with Gasteiger partial charge in [0.1, 0.15) is 0 Å². The van der Waals surface area contributed by atoms with E-state index in [9.17, 15) is 9.90 Å². The van der Waals surface area contributed by atoms with Crippen molar-refractivity contribution in [2.75, 3.05) is 0 Å². The molecular formula is C11H14O3S. The zero-order valence-corrected chi connectivity index (χ0v) is 9.32. The van der Waals surface area contributed by atoms with Gasteiger partial charge in [0.05, 0.1) is 12.5 Å². The van der Waals surface area contributed by atoms with Crippen molar-refractivity contribution in [3.05, 3.63) is 29.8 Å². The SMILES string of the molecule is CC(CC(=O)O)C(O)c1ccc(S)cc1. The summed E-state index contributed by atoms with van der Waals surface area (Å²) in [7, 11) is 0. The van der Waals surface area contributed by atoms with Crippen LogP contribution < -0.4 is 0 Å². The number of rotatable bonds is 4. The lowest BCUT2D eigenvalue weighted by atomic mass is 9.95. The van der Waals surface area contributed by atoms with Gasteiger partial charge in [0, 0.05) is 4.90 Å². The van der Waals surface area contributed by atoms with Crippen molar-refractivity contribution in [2.45, 2.75) is 24.3 Å². The van der Waals surface area contributed by atoms with Crippen LogP contribution in [0.4, 0.5) is 0 Å². The Hall–Kier alpha value is -1.00. The third-order valence-electron chi connectivity index (χ3n) is 2.27. The molecule has 1 aromatic carbocycles. The second-order valence-corrected chi connectivity index (χ2v) is 4.13. The van der Waals surface area contributed by atoms with Gasteiger partial charge in [-0.1, -0.05) is 19.1 Å². The first-order chi connectivity index (χ1) is 7.00. The largest absolute Gasteiger partial charge is 0.481 e.